The van der Waals surface area contributed by atoms with E-state index in [0.29, 0.717) is 142 Å². The maximum absolute atomic E-state index is 13.0. The Hall–Kier alpha value is -16.8. The summed E-state index contributed by atoms with van der Waals surface area (Å²) < 4.78 is 69.3. The van der Waals surface area contributed by atoms with E-state index in [1.54, 1.807) is 51.0 Å². The Morgan fingerprint density at radius 3 is 1.11 bits per heavy atom. The van der Waals surface area contributed by atoms with E-state index in [9.17, 15) is 19.2 Å². The van der Waals surface area contributed by atoms with E-state index in [1.165, 1.54) is 69.4 Å². The molecule has 48 heteroatoms. The summed E-state index contributed by atoms with van der Waals surface area (Å²) in [5.41, 5.74) is 40.0. The summed E-state index contributed by atoms with van der Waals surface area (Å²) in [5, 5.41) is 28.3. The van der Waals surface area contributed by atoms with Crippen LogP contribution in [0.25, 0.3) is 55.0 Å². The Bertz CT molecular complexity index is 8480. The minimum atomic E-state index is -0.367. The van der Waals surface area contributed by atoms with Crippen LogP contribution in [-0.4, -0.2) is 176 Å². The third kappa shape index (κ3) is 20.4. The molecule has 0 saturated carbocycles. The number of ether oxygens (including phenoxy) is 5. The Kier molecular flexibility index (Phi) is 27.2. The van der Waals surface area contributed by atoms with Gasteiger partial charge in [-0.2, -0.15) is 39.9 Å². The van der Waals surface area contributed by atoms with Crippen molar-refractivity contribution in [3.8, 4) is 0 Å². The quantitative estimate of drug-likeness (QED) is 0.0550. The molecule has 0 aliphatic carbocycles. The summed E-state index contributed by atoms with van der Waals surface area (Å²) in [7, 11) is 5.05. The van der Waals surface area contributed by atoms with Gasteiger partial charge in [0.15, 0.2) is 68.3 Å². The predicted molar refractivity (Wildman–Crippen MR) is 536 cm³/mol. The number of nitrogen functional groups attached to an aromatic ring is 4. The first kappa shape index (κ1) is 97.3. The molecule has 0 radical (unpaired) electrons. The number of aromatic nitrogens is 29. The van der Waals surface area contributed by atoms with E-state index >= 15 is 0 Å². The first-order valence-corrected chi connectivity index (χ1v) is 48.9. The van der Waals surface area contributed by atoms with Crippen molar-refractivity contribution >= 4 is 90.1 Å². The number of thiazole rings is 1. The van der Waals surface area contributed by atoms with Gasteiger partial charge in [0.1, 0.15) is 54.6 Å². The van der Waals surface area contributed by atoms with Gasteiger partial charge in [0.05, 0.1) is 75.4 Å². The number of pyridine rings is 1. The van der Waals surface area contributed by atoms with Gasteiger partial charge in [-0.3, -0.25) is 42.0 Å². The van der Waals surface area contributed by atoms with Gasteiger partial charge in [-0.05, 0) is 121 Å². The summed E-state index contributed by atoms with van der Waals surface area (Å²) >= 11 is 1.23. The van der Waals surface area contributed by atoms with Crippen LogP contribution >= 0.6 is 11.3 Å². The molecule has 5 aliphatic rings. The van der Waals surface area contributed by atoms with Crippen LogP contribution in [0.3, 0.4) is 0 Å². The van der Waals surface area contributed by atoms with E-state index in [1.807, 2.05) is 26.1 Å². The molecule has 20 aromatic rings. The van der Waals surface area contributed by atoms with Crippen LogP contribution in [0.5, 0.6) is 0 Å². The highest BCUT2D eigenvalue weighted by Gasteiger charge is 2.38. The van der Waals surface area contributed by atoms with Gasteiger partial charge >= 0.3 is 0 Å². The van der Waals surface area contributed by atoms with Crippen LogP contribution in [0.2, 0.25) is 0 Å². The molecule has 0 bridgehead atoms. The molecule has 20 heterocycles. The molecule has 758 valence electrons. The molecular weight excluding hydrogens is 1920 g/mol. The lowest BCUT2D eigenvalue weighted by Gasteiger charge is -2.09. The fourth-order valence-corrected chi connectivity index (χ4v) is 19.2. The van der Waals surface area contributed by atoms with Crippen molar-refractivity contribution in [2.75, 3.05) is 56.0 Å². The van der Waals surface area contributed by atoms with Crippen LogP contribution in [0, 0.1) is 48.5 Å². The Morgan fingerprint density at radius 1 is 0.338 bits per heavy atom. The number of hydrogen-bond acceptors (Lipinski definition) is 40. The molecule has 0 unspecified atom stereocenters. The molecule has 148 heavy (non-hydrogen) atoms. The lowest BCUT2D eigenvalue weighted by Crippen LogP contribution is -2.26. The van der Waals surface area contributed by atoms with Crippen molar-refractivity contribution in [2.45, 2.75) is 173 Å². The van der Waals surface area contributed by atoms with E-state index in [4.69, 9.17) is 69.2 Å². The summed E-state index contributed by atoms with van der Waals surface area (Å²) in [5.74, 6) is 6.96. The number of nitrogens with zero attached hydrogens (tertiary/aromatic N) is 29. The number of fused-ring (bicyclic) bond motifs is 5. The number of rotatable bonds is 20. The fourth-order valence-electron chi connectivity index (χ4n) is 18.5. The average molecular weight is 2020 g/mol. The summed E-state index contributed by atoms with van der Waals surface area (Å²) in [6, 6.07) is 45.5. The van der Waals surface area contributed by atoms with E-state index < -0.39 is 0 Å². The molecule has 0 spiro atoms. The fraction of sp³-hybridized carbons (Fsp3) is 0.350. The lowest BCUT2D eigenvalue weighted by atomic mass is 9.99. The number of aryl methyl sites for hydroxylation is 10. The molecule has 5 aliphatic heterocycles. The topological polar surface area (TPSA) is 594 Å². The van der Waals surface area contributed by atoms with Gasteiger partial charge in [0, 0.05) is 56.9 Å². The number of imidazole rings is 3. The monoisotopic (exact) mass is 2020 g/mol. The van der Waals surface area contributed by atoms with Crippen molar-refractivity contribution in [3.63, 3.8) is 0 Å². The third-order valence-corrected chi connectivity index (χ3v) is 27.8. The summed E-state index contributed by atoms with van der Waals surface area (Å²) in [4.78, 5) is 112. The van der Waals surface area contributed by atoms with Crippen LogP contribution in [0.15, 0.2) is 193 Å². The minimum absolute atomic E-state index is 0.000220. The smallest absolute Gasteiger partial charge is 0.283 e. The zero-order valence-corrected chi connectivity index (χ0v) is 83.0. The predicted octanol–water partition coefficient (Wildman–Crippen LogP) is 10.9. The molecule has 5 aromatic carbocycles. The zero-order valence-electron chi connectivity index (χ0n) is 82.2. The van der Waals surface area contributed by atoms with Crippen LogP contribution < -0.4 is 45.2 Å². The molecule has 5 fully saturated rings. The van der Waals surface area contributed by atoms with E-state index in [0.717, 1.165) is 65.7 Å². The lowest BCUT2D eigenvalue weighted by molar-refractivity contribution is 0.110. The SMILES string of the molecule is Cc1ccc([C@H]2C[C@H](c3noc(Cn4c(C)nc5nc(C)n(C)c5c4=O)n3)CO2)cc1.Cc1ccc([C@H]2C[C@H](c3noc(Cn4c(N)nc5cccnc54)n3)CO2)cc1.Cc1ccc([C@H]2C[C@H](c3noc(Cn4c(N)nc5ncn(C)c(=O)c54)n3)CO2)cc1.Cc1ccc([C@H]2C[C@H](c3noc(Cn4c(N)nc5ncsc5c4=O)n3)CO2)cc1.Cc1ccc([C@H]2C[C@H](c3noc(Cn4c(N)nc5nnn(C)c5c4=O)n3)CO2)cc1. The van der Waals surface area contributed by atoms with Gasteiger partial charge in [0.2, 0.25) is 58.9 Å². The second-order valence-electron chi connectivity index (χ2n) is 37.4. The third-order valence-electron chi connectivity index (χ3n) is 27.0. The van der Waals surface area contributed by atoms with Crippen molar-refractivity contribution in [3.05, 3.63) is 319 Å². The number of nitrogens with two attached hydrogens (primary N) is 4. The van der Waals surface area contributed by atoms with Crippen molar-refractivity contribution < 1.29 is 46.3 Å². The second-order valence-corrected chi connectivity index (χ2v) is 38.3. The second kappa shape index (κ2) is 41.4. The number of hydrogen-bond donors (Lipinski definition) is 4. The zero-order chi connectivity index (χ0) is 102. The molecule has 47 nitrogen and oxygen atoms in total. The van der Waals surface area contributed by atoms with Gasteiger partial charge < -0.3 is 78.4 Å². The summed E-state index contributed by atoms with van der Waals surface area (Å²) in [6.07, 6.45) is 7.18. The Morgan fingerprint density at radius 2 is 0.689 bits per heavy atom. The highest BCUT2D eigenvalue weighted by molar-refractivity contribution is 7.16. The number of anilines is 4. The van der Waals surface area contributed by atoms with Gasteiger partial charge in [-0.15, -0.1) is 16.4 Å². The molecule has 25 rings (SSSR count). The van der Waals surface area contributed by atoms with Crippen LogP contribution in [0.4, 0.5) is 23.8 Å². The molecule has 8 N–H and O–H groups in total. The maximum atomic E-state index is 13.0. The van der Waals surface area contributed by atoms with Crippen molar-refractivity contribution in [1.82, 2.24) is 143 Å². The van der Waals surface area contributed by atoms with Gasteiger partial charge in [-0.25, -0.2) is 34.6 Å². The average Bonchev–Trinajstić information content (AvgIpc) is 1.62. The molecule has 15 aromatic heterocycles. The van der Waals surface area contributed by atoms with Gasteiger partial charge in [0.25, 0.3) is 22.2 Å². The molecule has 10 atom stereocenters. The van der Waals surface area contributed by atoms with Gasteiger partial charge in [-0.1, -0.05) is 180 Å². The highest BCUT2D eigenvalue weighted by Crippen LogP contribution is 2.43. The standard InChI is InChI=1S/C22H24N6O3.C20H21N7O3.C20H20N6O2.C19H20N8O3.C19H18N6O3S/c1-12-5-7-15(8-6-12)17-9-16(11-30-17)20-25-18(31-26-20)10-28-14(3)24-21-19(22(28)29)27(4)13(2)23-21;1-11-3-5-12(6-4-11)14-7-13(9-29-14)17-23-15(30-25-17)8-27-16-18(24-20(27)21)22-10-26(2)19(16)28;1-12-4-6-13(7-5-12)16-9-14(11-27-16)18-24-17(28-25-18)10-26-19-15(23-20(26)21)3-2-8-22-19;1-10-3-5-11(6-4-10)13-7-12(9-29-13)16-21-14(30-24-16)8-27-18(28)15-17(22-19(27)20)23-25-26(15)2;1-10-2-4-11(5-3-10)13-6-12(8-27-13)16-22-14(28-24-16)7-25-18(26)15-17(21-9-29-15)23-19(25)20/h5-8,16-17H,9-11H2,1-4H3;3-6,10,13-14H,7-9H2,1-2H3,(H2,21,24);2-8,14,16H,9-11H2,1H3,(H2,21,23);3-6,12-13H,7-9H2,1-2H3,(H2,20,22);2-5,9,12-13H,6-8H2,1H3,(H2,20,23)/t16-,17+;13-,14+;14-,16+;2*12-,13+/m00000/s1. The molecule has 5 saturated heterocycles. The van der Waals surface area contributed by atoms with Crippen molar-refractivity contribution in [2.24, 2.45) is 21.1 Å². The van der Waals surface area contributed by atoms with Crippen LogP contribution in [-0.2, 0) is 77.6 Å². The minimum Gasteiger partial charge on any atom is -0.373 e. The molecular formula is C100H103N33O14S. The van der Waals surface area contributed by atoms with Crippen molar-refractivity contribution in [1.29, 1.82) is 0 Å². The van der Waals surface area contributed by atoms with E-state index in [-0.39, 0.29) is 143 Å². The van der Waals surface area contributed by atoms with Crippen LogP contribution in [0.1, 0.15) is 218 Å². The molecule has 0 amide bonds. The summed E-state index contributed by atoms with van der Waals surface area (Å²) in [6.45, 7) is 17.3. The number of benzene rings is 5. The van der Waals surface area contributed by atoms with E-state index in [2.05, 4.69) is 262 Å². The Balaban J connectivity index is 0.000000108. The maximum Gasteiger partial charge on any atom is 0.283 e. The normalized spacial score (nSPS) is 19.1. The largest absolute Gasteiger partial charge is 0.373 e. The highest BCUT2D eigenvalue weighted by atomic mass is 32.1. The Labute approximate surface area is 843 Å². The first-order chi connectivity index (χ1) is 71.6. The first-order valence-electron chi connectivity index (χ1n) is 48.0.